The van der Waals surface area contributed by atoms with E-state index in [1.165, 1.54) is 48.3 Å². The van der Waals surface area contributed by atoms with E-state index in [0.29, 0.717) is 5.69 Å². The third-order valence-corrected chi connectivity index (χ3v) is 5.82. The van der Waals surface area contributed by atoms with Gasteiger partial charge in [-0.05, 0) is 61.6 Å². The summed E-state index contributed by atoms with van der Waals surface area (Å²) in [7, 11) is 2.09. The summed E-state index contributed by atoms with van der Waals surface area (Å²) in [6.07, 6.45) is 11.8. The second-order valence-electron chi connectivity index (χ2n) is 7.58. The maximum absolute atomic E-state index is 10.2. The molecule has 1 N–H and O–H groups in total. The number of rotatable bonds is 3. The molecule has 0 aliphatic carbocycles. The zero-order valence-electron chi connectivity index (χ0n) is 16.1. The van der Waals surface area contributed by atoms with Crippen molar-refractivity contribution in [1.29, 1.82) is 0 Å². The van der Waals surface area contributed by atoms with Gasteiger partial charge in [0.1, 0.15) is 17.3 Å². The number of imidazole rings is 1. The number of aliphatic hydroxyl groups excluding tert-OH is 1. The summed E-state index contributed by atoms with van der Waals surface area (Å²) < 4.78 is 2.19. The molecule has 2 aliphatic rings. The summed E-state index contributed by atoms with van der Waals surface area (Å²) in [4.78, 5) is 11.6. The molecular formula is C23H24N4O. The van der Waals surface area contributed by atoms with Gasteiger partial charge < -0.3 is 14.6 Å². The molecule has 2 aromatic heterocycles. The van der Waals surface area contributed by atoms with E-state index in [2.05, 4.69) is 27.6 Å². The van der Waals surface area contributed by atoms with E-state index < -0.39 is 0 Å². The largest absolute Gasteiger partial charge is 0.506 e. The zero-order valence-corrected chi connectivity index (χ0v) is 16.1. The van der Waals surface area contributed by atoms with Gasteiger partial charge in [0.25, 0.3) is 0 Å². The summed E-state index contributed by atoms with van der Waals surface area (Å²) in [5.74, 6) is 1.05. The van der Waals surface area contributed by atoms with Crippen LogP contribution in [0.1, 0.15) is 35.5 Å². The molecule has 0 bridgehead atoms. The number of hydrogen-bond acceptors (Lipinski definition) is 4. The Morgan fingerprint density at radius 2 is 2.04 bits per heavy atom. The molecule has 0 radical (unpaired) electrons. The lowest BCUT2D eigenvalue weighted by atomic mass is 9.91. The summed E-state index contributed by atoms with van der Waals surface area (Å²) >= 11 is 0. The van der Waals surface area contributed by atoms with Crippen LogP contribution in [0, 0.1) is 0 Å². The number of hydrogen-bond donors (Lipinski definition) is 1. The van der Waals surface area contributed by atoms with Gasteiger partial charge in [-0.25, -0.2) is 4.98 Å². The van der Waals surface area contributed by atoms with Crippen molar-refractivity contribution in [3.63, 3.8) is 0 Å². The number of aromatic nitrogens is 3. The van der Waals surface area contributed by atoms with Gasteiger partial charge in [-0.3, -0.25) is 4.98 Å². The fourth-order valence-electron chi connectivity index (χ4n) is 4.57. The quantitative estimate of drug-likeness (QED) is 0.551. The van der Waals surface area contributed by atoms with Crippen molar-refractivity contribution in [2.24, 2.45) is 7.05 Å². The van der Waals surface area contributed by atoms with Gasteiger partial charge in [0, 0.05) is 37.6 Å². The normalized spacial score (nSPS) is 16.8. The van der Waals surface area contributed by atoms with Gasteiger partial charge in [0.2, 0.25) is 0 Å². The van der Waals surface area contributed by atoms with E-state index >= 15 is 0 Å². The summed E-state index contributed by atoms with van der Waals surface area (Å²) in [5, 5.41) is 10.2. The van der Waals surface area contributed by atoms with Crippen LogP contribution < -0.4 is 4.90 Å². The molecule has 0 fully saturated rings. The topological polar surface area (TPSA) is 54.2 Å². The number of pyridine rings is 1. The second-order valence-corrected chi connectivity index (χ2v) is 7.58. The van der Waals surface area contributed by atoms with Gasteiger partial charge in [-0.15, -0.1) is 0 Å². The lowest BCUT2D eigenvalue weighted by Gasteiger charge is -2.37. The van der Waals surface area contributed by atoms with Crippen LogP contribution in [0.2, 0.25) is 0 Å². The molecule has 0 spiro atoms. The van der Waals surface area contributed by atoms with Gasteiger partial charge in [0.05, 0.1) is 11.0 Å². The first-order valence-corrected chi connectivity index (χ1v) is 9.97. The number of benzene rings is 1. The lowest BCUT2D eigenvalue weighted by molar-refractivity contribution is 0.508. The van der Waals surface area contributed by atoms with Crippen molar-refractivity contribution in [3.05, 3.63) is 65.3 Å². The van der Waals surface area contributed by atoms with Gasteiger partial charge >= 0.3 is 0 Å². The Labute approximate surface area is 164 Å². The zero-order chi connectivity index (χ0) is 19.1. The van der Waals surface area contributed by atoms with Gasteiger partial charge in [-0.1, -0.05) is 12.1 Å². The SMILES string of the molecule is Cn1c(/C=C/C=C(\O)c2ccccn2)nc2cc3c4c(c21)CCCN4CCC3. The fourth-order valence-corrected chi connectivity index (χ4v) is 4.57. The second kappa shape index (κ2) is 6.82. The molecule has 0 saturated heterocycles. The van der Waals surface area contributed by atoms with Crippen LogP contribution in [0.5, 0.6) is 0 Å². The highest BCUT2D eigenvalue weighted by atomic mass is 16.3. The van der Waals surface area contributed by atoms with Crippen LogP contribution in [-0.4, -0.2) is 32.7 Å². The number of anilines is 1. The molecule has 142 valence electrons. The highest BCUT2D eigenvalue weighted by molar-refractivity contribution is 5.89. The Bertz CT molecular complexity index is 1090. The Morgan fingerprint density at radius 3 is 2.86 bits per heavy atom. The molecule has 3 aromatic rings. The van der Waals surface area contributed by atoms with Crippen LogP contribution >= 0.6 is 0 Å². The predicted molar refractivity (Wildman–Crippen MR) is 113 cm³/mol. The Morgan fingerprint density at radius 1 is 1.18 bits per heavy atom. The number of aliphatic hydroxyl groups is 1. The molecule has 5 nitrogen and oxygen atoms in total. The van der Waals surface area contributed by atoms with Crippen molar-refractivity contribution in [1.82, 2.24) is 14.5 Å². The maximum atomic E-state index is 10.2. The monoisotopic (exact) mass is 372 g/mol. The van der Waals surface area contributed by atoms with Gasteiger partial charge in [-0.2, -0.15) is 0 Å². The van der Waals surface area contributed by atoms with Gasteiger partial charge in [0.15, 0.2) is 0 Å². The van der Waals surface area contributed by atoms with E-state index in [0.717, 1.165) is 24.2 Å². The van der Waals surface area contributed by atoms with E-state index in [4.69, 9.17) is 4.98 Å². The van der Waals surface area contributed by atoms with Crippen LogP contribution in [0.25, 0.3) is 22.9 Å². The molecule has 5 rings (SSSR count). The minimum atomic E-state index is 0.150. The Kier molecular flexibility index (Phi) is 4.15. The minimum Gasteiger partial charge on any atom is -0.506 e. The summed E-state index contributed by atoms with van der Waals surface area (Å²) in [6.45, 7) is 2.35. The molecule has 0 saturated carbocycles. The molecule has 1 aromatic carbocycles. The molecule has 4 heterocycles. The fraction of sp³-hybridized carbons (Fsp3) is 0.304. The van der Waals surface area contributed by atoms with E-state index in [-0.39, 0.29) is 5.76 Å². The first kappa shape index (κ1) is 17.0. The molecule has 2 aliphatic heterocycles. The van der Waals surface area contributed by atoms with Crippen molar-refractivity contribution in [2.75, 3.05) is 18.0 Å². The minimum absolute atomic E-state index is 0.150. The van der Waals surface area contributed by atoms with Crippen LogP contribution in [-0.2, 0) is 19.9 Å². The summed E-state index contributed by atoms with van der Waals surface area (Å²) in [5.41, 5.74) is 7.28. The van der Waals surface area contributed by atoms with Crippen molar-refractivity contribution in [3.8, 4) is 0 Å². The third-order valence-electron chi connectivity index (χ3n) is 5.82. The highest BCUT2D eigenvalue weighted by Gasteiger charge is 2.27. The lowest BCUT2D eigenvalue weighted by Crippen LogP contribution is -2.34. The maximum Gasteiger partial charge on any atom is 0.141 e. The molecule has 28 heavy (non-hydrogen) atoms. The number of nitrogens with zero attached hydrogens (tertiary/aromatic N) is 4. The average molecular weight is 372 g/mol. The van der Waals surface area contributed by atoms with Crippen molar-refractivity contribution in [2.45, 2.75) is 25.7 Å². The number of aryl methyl sites for hydroxylation is 3. The third kappa shape index (κ3) is 2.78. The molecule has 0 unspecified atom stereocenters. The summed E-state index contributed by atoms with van der Waals surface area (Å²) in [6, 6.07) is 7.76. The standard InChI is InChI=1S/C23H24N4O/c1-26-21(11-4-10-20(28)18-9-2-3-12-24-18)25-19-15-16-7-5-13-27-14-6-8-17(22(16)27)23(19)26/h2-4,9-12,15,28H,5-8,13-14H2,1H3/b11-4+,20-10-. The number of allylic oxidation sites excluding steroid dienone is 2. The first-order chi connectivity index (χ1) is 13.7. The van der Waals surface area contributed by atoms with E-state index in [9.17, 15) is 5.11 Å². The molecular weight excluding hydrogens is 348 g/mol. The molecule has 0 amide bonds. The van der Waals surface area contributed by atoms with E-state index in [1.54, 1.807) is 18.3 Å². The Balaban J connectivity index is 1.54. The average Bonchev–Trinajstić information content (AvgIpc) is 3.04. The van der Waals surface area contributed by atoms with E-state index in [1.807, 2.05) is 24.3 Å². The van der Waals surface area contributed by atoms with Crippen LogP contribution in [0.3, 0.4) is 0 Å². The van der Waals surface area contributed by atoms with Crippen LogP contribution in [0.4, 0.5) is 5.69 Å². The Hall–Kier alpha value is -3.08. The van der Waals surface area contributed by atoms with Crippen LogP contribution in [0.15, 0.2) is 42.6 Å². The van der Waals surface area contributed by atoms with Crippen molar-refractivity contribution < 1.29 is 5.11 Å². The smallest absolute Gasteiger partial charge is 0.141 e. The predicted octanol–water partition coefficient (Wildman–Crippen LogP) is 4.28. The van der Waals surface area contributed by atoms with Crippen molar-refractivity contribution >= 4 is 28.6 Å². The highest BCUT2D eigenvalue weighted by Crippen LogP contribution is 2.39. The molecule has 0 atom stereocenters. The number of fused-ring (bicyclic) bond motifs is 2. The first-order valence-electron chi connectivity index (χ1n) is 9.97. The molecule has 5 heteroatoms.